The Morgan fingerprint density at radius 1 is 0.804 bits per heavy atom. The summed E-state index contributed by atoms with van der Waals surface area (Å²) in [6, 6.07) is 0. The highest BCUT2D eigenvalue weighted by atomic mass is 79.9. The van der Waals surface area contributed by atoms with Gasteiger partial charge >= 0.3 is 5.97 Å². The van der Waals surface area contributed by atoms with E-state index in [9.17, 15) is 4.79 Å². The molecule has 4 aliphatic rings. The molecule has 9 atom stereocenters. The molecule has 0 aromatic rings. The minimum Gasteiger partial charge on any atom is -0.461 e. The summed E-state index contributed by atoms with van der Waals surface area (Å²) >= 11 is 3.70. The number of rotatable bonds is 20. The van der Waals surface area contributed by atoms with Gasteiger partial charge in [-0.2, -0.15) is 0 Å². The van der Waals surface area contributed by atoms with Crippen LogP contribution < -0.4 is 0 Å². The molecule has 3 fully saturated rings. The van der Waals surface area contributed by atoms with Crippen molar-refractivity contribution >= 4 is 21.9 Å². The molecule has 0 aliphatic heterocycles. The zero-order chi connectivity index (χ0) is 33.2. The third-order valence-corrected chi connectivity index (χ3v) is 14.9. The highest BCUT2D eigenvalue weighted by Crippen LogP contribution is 2.67. The fraction of sp³-hybridized carbons (Fsp3) is 0.930. The van der Waals surface area contributed by atoms with Crippen molar-refractivity contribution in [2.24, 2.45) is 46.3 Å². The summed E-state index contributed by atoms with van der Waals surface area (Å²) in [6.45, 7) is 14.9. The minimum atomic E-state index is -0.146. The van der Waals surface area contributed by atoms with Gasteiger partial charge in [-0.05, 0) is 97.7 Å². The molecule has 3 saturated carbocycles. The van der Waals surface area contributed by atoms with Crippen LogP contribution in [0, 0.1) is 46.3 Å². The van der Waals surface area contributed by atoms with Crippen LogP contribution in [-0.2, 0) is 9.53 Å². The number of hydrogen-bond donors (Lipinski definition) is 0. The molecule has 0 saturated heterocycles. The molecule has 2 nitrogen and oxygen atoms in total. The summed E-state index contributed by atoms with van der Waals surface area (Å²) < 4.78 is 6.19. The van der Waals surface area contributed by atoms with Gasteiger partial charge in [0.1, 0.15) is 10.9 Å². The lowest BCUT2D eigenvalue weighted by molar-refractivity contribution is -0.150. The van der Waals surface area contributed by atoms with E-state index in [1.165, 1.54) is 128 Å². The van der Waals surface area contributed by atoms with Gasteiger partial charge in [-0.15, -0.1) is 0 Å². The molecule has 0 amide bonds. The maximum Gasteiger partial charge on any atom is 0.320 e. The molecule has 3 heteroatoms. The first kappa shape index (κ1) is 38.5. The summed E-state index contributed by atoms with van der Waals surface area (Å²) in [5.41, 5.74) is 2.49. The molecule has 0 aromatic carbocycles. The van der Waals surface area contributed by atoms with Crippen molar-refractivity contribution in [3.63, 3.8) is 0 Å². The van der Waals surface area contributed by atoms with Crippen molar-refractivity contribution in [3.05, 3.63) is 11.6 Å². The van der Waals surface area contributed by atoms with Crippen molar-refractivity contribution in [2.45, 2.75) is 207 Å². The quantitative estimate of drug-likeness (QED) is 0.0546. The number of unbranched alkanes of at least 4 members (excludes halogenated alkanes) is 11. The zero-order valence-electron chi connectivity index (χ0n) is 31.4. The van der Waals surface area contributed by atoms with Gasteiger partial charge in [0, 0.05) is 6.42 Å². The van der Waals surface area contributed by atoms with Gasteiger partial charge in [-0.3, -0.25) is 4.79 Å². The van der Waals surface area contributed by atoms with Gasteiger partial charge in [-0.1, -0.05) is 165 Å². The molecule has 266 valence electrons. The SMILES string of the molecule is CCCCCCCCCCCCCCC(Br)C(=O)O[C@H]1CC[C@@]2(C)C(=CC[C@H]3[C@@H]4CC[C@H]([C@H](C)CCCC(C)C)[C@@]4(C)CC[C@@H]32)C1. The van der Waals surface area contributed by atoms with Crippen LogP contribution in [0.5, 0.6) is 0 Å². The molecule has 0 N–H and O–H groups in total. The molecule has 0 heterocycles. The molecular weight excluding hydrogens is 628 g/mol. The Morgan fingerprint density at radius 2 is 1.46 bits per heavy atom. The molecule has 4 aliphatic carbocycles. The van der Waals surface area contributed by atoms with Crippen LogP contribution >= 0.6 is 15.9 Å². The van der Waals surface area contributed by atoms with Gasteiger partial charge < -0.3 is 4.74 Å². The van der Waals surface area contributed by atoms with Crippen LogP contribution in [0.15, 0.2) is 11.6 Å². The summed E-state index contributed by atoms with van der Waals surface area (Å²) in [7, 11) is 0. The molecule has 4 rings (SSSR count). The average molecular weight is 704 g/mol. The Kier molecular flexibility index (Phi) is 15.6. The lowest BCUT2D eigenvalue weighted by Crippen LogP contribution is -2.51. The first-order valence-electron chi connectivity index (χ1n) is 20.6. The van der Waals surface area contributed by atoms with Gasteiger partial charge in [0.15, 0.2) is 0 Å². The van der Waals surface area contributed by atoms with E-state index in [1.807, 2.05) is 0 Å². The van der Waals surface area contributed by atoms with E-state index >= 15 is 0 Å². The first-order valence-corrected chi connectivity index (χ1v) is 21.6. The monoisotopic (exact) mass is 702 g/mol. The van der Waals surface area contributed by atoms with Crippen molar-refractivity contribution in [3.8, 4) is 0 Å². The number of ether oxygens (including phenoxy) is 1. The Hall–Kier alpha value is -0.310. The van der Waals surface area contributed by atoms with E-state index in [1.54, 1.807) is 5.57 Å². The normalized spacial score (nSPS) is 33.6. The second-order valence-corrected chi connectivity index (χ2v) is 18.8. The average Bonchev–Trinajstić information content (AvgIpc) is 3.38. The van der Waals surface area contributed by atoms with Crippen LogP contribution in [0.25, 0.3) is 0 Å². The van der Waals surface area contributed by atoms with Crippen molar-refractivity contribution in [1.29, 1.82) is 0 Å². The standard InChI is InChI=1S/C43H75BrO2/c1-7-8-9-10-11-12-13-14-15-16-17-18-22-40(44)41(45)46-35-27-29-42(5)34(31-35)23-24-36-38-26-25-37(33(4)21-19-20-32(2)3)43(38,6)30-28-39(36)42/h23,32-33,35-40H,7-22,24-31H2,1-6H3/t33-,35+,36+,37-,38+,39+,40?,42+,43-/m1/s1. The number of carbonyl (C=O) groups is 1. The second-order valence-electron chi connectivity index (χ2n) is 17.7. The minimum absolute atomic E-state index is 0.0149. The number of alkyl halides is 1. The van der Waals surface area contributed by atoms with Crippen LogP contribution in [0.4, 0.5) is 0 Å². The number of hydrogen-bond acceptors (Lipinski definition) is 2. The number of halogens is 1. The van der Waals surface area contributed by atoms with E-state index in [0.29, 0.717) is 10.8 Å². The fourth-order valence-electron chi connectivity index (χ4n) is 11.3. The molecule has 1 unspecified atom stereocenters. The smallest absolute Gasteiger partial charge is 0.320 e. The zero-order valence-corrected chi connectivity index (χ0v) is 32.9. The molecular formula is C43H75BrO2. The van der Waals surface area contributed by atoms with Gasteiger partial charge in [-0.25, -0.2) is 0 Å². The third-order valence-electron chi connectivity index (χ3n) is 14.1. The van der Waals surface area contributed by atoms with E-state index in [-0.39, 0.29) is 16.9 Å². The Balaban J connectivity index is 1.17. The molecule has 0 spiro atoms. The van der Waals surface area contributed by atoms with Crippen molar-refractivity contribution in [2.75, 3.05) is 0 Å². The maximum atomic E-state index is 13.1. The molecule has 46 heavy (non-hydrogen) atoms. The predicted octanol–water partition coefficient (Wildman–Crippen LogP) is 13.8. The summed E-state index contributed by atoms with van der Waals surface area (Å²) in [5.74, 6) is 5.21. The van der Waals surface area contributed by atoms with Crippen LogP contribution in [0.3, 0.4) is 0 Å². The van der Waals surface area contributed by atoms with Gasteiger partial charge in [0.2, 0.25) is 0 Å². The molecule has 0 aromatic heterocycles. The number of allylic oxidation sites excluding steroid dienone is 1. The Bertz CT molecular complexity index is 941. The van der Waals surface area contributed by atoms with Gasteiger partial charge in [0.25, 0.3) is 0 Å². The summed E-state index contributed by atoms with van der Waals surface area (Å²) in [5, 5.41) is 0. The van der Waals surface area contributed by atoms with Crippen LogP contribution in [0.1, 0.15) is 196 Å². The number of fused-ring (bicyclic) bond motifs is 5. The fourth-order valence-corrected chi connectivity index (χ4v) is 11.7. The second kappa shape index (κ2) is 18.6. The van der Waals surface area contributed by atoms with Gasteiger partial charge in [0.05, 0.1) is 0 Å². The Labute approximate surface area is 294 Å². The van der Waals surface area contributed by atoms with E-state index in [0.717, 1.165) is 61.2 Å². The highest BCUT2D eigenvalue weighted by Gasteiger charge is 2.59. The topological polar surface area (TPSA) is 26.3 Å². The highest BCUT2D eigenvalue weighted by molar-refractivity contribution is 9.10. The molecule has 0 bridgehead atoms. The van der Waals surface area contributed by atoms with Crippen LogP contribution in [-0.4, -0.2) is 16.9 Å². The number of esters is 1. The largest absolute Gasteiger partial charge is 0.461 e. The first-order chi connectivity index (χ1) is 22.1. The van der Waals surface area contributed by atoms with E-state index in [2.05, 4.69) is 63.5 Å². The van der Waals surface area contributed by atoms with Crippen molar-refractivity contribution in [1.82, 2.24) is 0 Å². The van der Waals surface area contributed by atoms with Crippen molar-refractivity contribution < 1.29 is 9.53 Å². The Morgan fingerprint density at radius 3 is 2.11 bits per heavy atom. The lowest BCUT2D eigenvalue weighted by atomic mass is 9.47. The summed E-state index contributed by atoms with van der Waals surface area (Å²) in [6.07, 6.45) is 34.3. The van der Waals surface area contributed by atoms with E-state index < -0.39 is 0 Å². The third kappa shape index (κ3) is 9.90. The van der Waals surface area contributed by atoms with Crippen LogP contribution in [0.2, 0.25) is 0 Å². The van der Waals surface area contributed by atoms with E-state index in [4.69, 9.17) is 4.74 Å². The summed E-state index contributed by atoms with van der Waals surface area (Å²) in [4.78, 5) is 12.9. The molecule has 0 radical (unpaired) electrons. The predicted molar refractivity (Wildman–Crippen MR) is 201 cm³/mol. The number of carbonyl (C=O) groups excluding carboxylic acids is 1. The lowest BCUT2D eigenvalue weighted by Gasteiger charge is -2.58. The maximum absolute atomic E-state index is 13.1.